The summed E-state index contributed by atoms with van der Waals surface area (Å²) < 4.78 is 24.1. The van der Waals surface area contributed by atoms with Crippen LogP contribution in [0.5, 0.6) is 0 Å². The van der Waals surface area contributed by atoms with Crippen LogP contribution in [0.1, 0.15) is 30.6 Å². The minimum Gasteiger partial charge on any atom is -0.478 e. The van der Waals surface area contributed by atoms with Gasteiger partial charge in [0.15, 0.2) is 9.84 Å². The first-order valence-corrected chi connectivity index (χ1v) is 7.30. The van der Waals surface area contributed by atoms with Crippen LogP contribution in [0.4, 0.5) is 0 Å². The van der Waals surface area contributed by atoms with Gasteiger partial charge in [-0.05, 0) is 38.5 Å². The normalized spacial score (nSPS) is 11.8. The minimum absolute atomic E-state index is 0.0267. The van der Waals surface area contributed by atoms with Crippen LogP contribution in [0, 0.1) is 16.7 Å². The third-order valence-electron chi connectivity index (χ3n) is 2.74. The van der Waals surface area contributed by atoms with Gasteiger partial charge in [-0.1, -0.05) is 6.07 Å². The first kappa shape index (κ1) is 15.2. The van der Waals surface area contributed by atoms with E-state index in [9.17, 15) is 13.2 Å². The Bertz CT molecular complexity index is 626. The van der Waals surface area contributed by atoms with E-state index in [0.717, 1.165) is 6.07 Å². The number of hydrogen-bond donors (Lipinski definition) is 1. The number of carboxylic acids is 1. The molecule has 0 aromatic heterocycles. The summed E-state index contributed by atoms with van der Waals surface area (Å²) in [6.45, 7) is 3.33. The van der Waals surface area contributed by atoms with Gasteiger partial charge in [-0.3, -0.25) is 0 Å². The Hall–Kier alpha value is -1.87. The average molecular weight is 281 g/mol. The van der Waals surface area contributed by atoms with Crippen LogP contribution in [-0.4, -0.2) is 25.2 Å². The van der Waals surface area contributed by atoms with Crippen molar-refractivity contribution in [2.45, 2.75) is 25.2 Å². The minimum atomic E-state index is -3.57. The molecule has 1 N–H and O–H groups in total. The number of hydrogen-bond acceptors (Lipinski definition) is 4. The molecule has 0 radical (unpaired) electrons. The van der Waals surface area contributed by atoms with Gasteiger partial charge in [-0.25, -0.2) is 13.2 Å². The van der Waals surface area contributed by atoms with E-state index in [0.29, 0.717) is 0 Å². The van der Waals surface area contributed by atoms with Crippen LogP contribution in [0.2, 0.25) is 0 Å². The van der Waals surface area contributed by atoms with Crippen molar-refractivity contribution in [1.29, 1.82) is 5.26 Å². The van der Waals surface area contributed by atoms with Crippen molar-refractivity contribution in [3.05, 3.63) is 29.8 Å². The van der Waals surface area contributed by atoms with E-state index in [1.165, 1.54) is 18.2 Å². The molecule has 1 aromatic rings. The van der Waals surface area contributed by atoms with Crippen molar-refractivity contribution in [3.63, 3.8) is 0 Å². The summed E-state index contributed by atoms with van der Waals surface area (Å²) in [4.78, 5) is 10.8. The highest BCUT2D eigenvalue weighted by molar-refractivity contribution is 7.91. The number of sulfone groups is 1. The quantitative estimate of drug-likeness (QED) is 0.891. The Morgan fingerprint density at radius 1 is 1.42 bits per heavy atom. The fourth-order valence-electron chi connectivity index (χ4n) is 1.39. The van der Waals surface area contributed by atoms with Gasteiger partial charge in [0.1, 0.15) is 0 Å². The van der Waals surface area contributed by atoms with E-state index in [1.54, 1.807) is 13.8 Å². The third kappa shape index (κ3) is 4.07. The van der Waals surface area contributed by atoms with E-state index in [-0.39, 0.29) is 22.6 Å². The molecule has 0 atom stereocenters. The Morgan fingerprint density at radius 3 is 2.58 bits per heavy atom. The number of aromatic carboxylic acids is 1. The number of carboxylic acid groups (broad SMARTS) is 1. The third-order valence-corrected chi connectivity index (χ3v) is 4.45. The smallest absolute Gasteiger partial charge is 0.335 e. The molecule has 0 aliphatic heterocycles. The molecule has 0 fully saturated rings. The van der Waals surface area contributed by atoms with Crippen molar-refractivity contribution >= 4 is 15.8 Å². The van der Waals surface area contributed by atoms with Gasteiger partial charge in [0.05, 0.1) is 27.7 Å². The van der Waals surface area contributed by atoms with Crippen molar-refractivity contribution in [2.75, 3.05) is 5.75 Å². The van der Waals surface area contributed by atoms with Crippen LogP contribution < -0.4 is 0 Å². The molecular formula is C13H15NO4S. The van der Waals surface area contributed by atoms with E-state index < -0.39 is 21.2 Å². The molecule has 19 heavy (non-hydrogen) atoms. The first-order valence-electron chi connectivity index (χ1n) is 5.65. The highest BCUT2D eigenvalue weighted by Gasteiger charge is 2.23. The summed E-state index contributed by atoms with van der Waals surface area (Å²) >= 11 is 0. The maximum absolute atomic E-state index is 12.1. The SMILES string of the molecule is CC(C)(C#N)CCS(=O)(=O)c1cccc(C(=O)O)c1. The monoisotopic (exact) mass is 281 g/mol. The predicted molar refractivity (Wildman–Crippen MR) is 69.5 cm³/mol. The van der Waals surface area contributed by atoms with Gasteiger partial charge in [0, 0.05) is 0 Å². The van der Waals surface area contributed by atoms with E-state index >= 15 is 0 Å². The molecule has 0 aliphatic rings. The van der Waals surface area contributed by atoms with Crippen LogP contribution in [0.25, 0.3) is 0 Å². The highest BCUT2D eigenvalue weighted by Crippen LogP contribution is 2.22. The molecule has 0 saturated heterocycles. The number of nitriles is 1. The second-order valence-corrected chi connectivity index (χ2v) is 7.01. The van der Waals surface area contributed by atoms with Crippen LogP contribution in [-0.2, 0) is 9.84 Å². The standard InChI is InChI=1S/C13H15NO4S/c1-13(2,9-14)6-7-19(17,18)11-5-3-4-10(8-11)12(15)16/h3-5,8H,6-7H2,1-2H3,(H,15,16). The van der Waals surface area contributed by atoms with Gasteiger partial charge in [0.25, 0.3) is 0 Å². The number of carbonyl (C=O) groups is 1. The molecule has 0 heterocycles. The van der Waals surface area contributed by atoms with E-state index in [2.05, 4.69) is 0 Å². The van der Waals surface area contributed by atoms with Gasteiger partial charge < -0.3 is 5.11 Å². The van der Waals surface area contributed by atoms with Crippen molar-refractivity contribution in [3.8, 4) is 6.07 Å². The largest absolute Gasteiger partial charge is 0.478 e. The van der Waals surface area contributed by atoms with Crippen LogP contribution >= 0.6 is 0 Å². The summed E-state index contributed by atoms with van der Waals surface area (Å²) in [5, 5.41) is 17.7. The van der Waals surface area contributed by atoms with E-state index in [1.807, 2.05) is 6.07 Å². The number of benzene rings is 1. The molecule has 0 bridgehead atoms. The maximum atomic E-state index is 12.1. The second-order valence-electron chi connectivity index (χ2n) is 4.90. The van der Waals surface area contributed by atoms with Crippen LogP contribution in [0.3, 0.4) is 0 Å². The predicted octanol–water partition coefficient (Wildman–Crippen LogP) is 2.10. The Morgan fingerprint density at radius 2 is 2.05 bits per heavy atom. The average Bonchev–Trinajstić information content (AvgIpc) is 2.37. The summed E-state index contributed by atoms with van der Waals surface area (Å²) in [6.07, 6.45) is 0.198. The van der Waals surface area contributed by atoms with E-state index in [4.69, 9.17) is 10.4 Å². The topological polar surface area (TPSA) is 95.2 Å². The molecule has 102 valence electrons. The van der Waals surface area contributed by atoms with Crippen LogP contribution in [0.15, 0.2) is 29.2 Å². The second kappa shape index (κ2) is 5.41. The molecular weight excluding hydrogens is 266 g/mol. The highest BCUT2D eigenvalue weighted by atomic mass is 32.2. The molecule has 0 aliphatic carbocycles. The summed E-state index contributed by atoms with van der Waals surface area (Å²) in [5.41, 5.74) is -0.794. The van der Waals surface area contributed by atoms with Crippen molar-refractivity contribution in [2.24, 2.45) is 5.41 Å². The molecule has 6 heteroatoms. The number of rotatable bonds is 5. The zero-order chi connectivity index (χ0) is 14.7. The van der Waals surface area contributed by atoms with Gasteiger partial charge in [-0.15, -0.1) is 0 Å². The van der Waals surface area contributed by atoms with Gasteiger partial charge in [0.2, 0.25) is 0 Å². The molecule has 0 unspecified atom stereocenters. The lowest BCUT2D eigenvalue weighted by Crippen LogP contribution is -2.16. The lowest BCUT2D eigenvalue weighted by Gasteiger charge is -2.14. The summed E-state index contributed by atoms with van der Waals surface area (Å²) in [5.74, 6) is -1.36. The first-order chi connectivity index (χ1) is 8.68. The zero-order valence-corrected chi connectivity index (χ0v) is 11.6. The fourth-order valence-corrected chi connectivity index (χ4v) is 2.99. The molecule has 1 aromatic carbocycles. The fraction of sp³-hybridized carbons (Fsp3) is 0.385. The Balaban J connectivity index is 2.99. The van der Waals surface area contributed by atoms with Crippen molar-refractivity contribution < 1.29 is 18.3 Å². The summed E-state index contributed by atoms with van der Waals surface area (Å²) in [7, 11) is -3.57. The number of nitrogens with zero attached hydrogens (tertiary/aromatic N) is 1. The molecule has 5 nitrogen and oxygen atoms in total. The Kier molecular flexibility index (Phi) is 4.32. The Labute approximate surface area is 112 Å². The summed E-state index contributed by atoms with van der Waals surface area (Å²) in [6, 6.07) is 7.26. The van der Waals surface area contributed by atoms with Gasteiger partial charge >= 0.3 is 5.97 Å². The lowest BCUT2D eigenvalue weighted by atomic mass is 9.93. The lowest BCUT2D eigenvalue weighted by molar-refractivity contribution is 0.0696. The molecule has 0 amide bonds. The molecule has 0 saturated carbocycles. The van der Waals surface area contributed by atoms with Gasteiger partial charge in [-0.2, -0.15) is 5.26 Å². The maximum Gasteiger partial charge on any atom is 0.335 e. The zero-order valence-electron chi connectivity index (χ0n) is 10.8. The molecule has 0 spiro atoms. The van der Waals surface area contributed by atoms with Crippen molar-refractivity contribution in [1.82, 2.24) is 0 Å². The molecule has 1 rings (SSSR count).